The molecule has 186 valence electrons. The Labute approximate surface area is 207 Å². The fourth-order valence-corrected chi connectivity index (χ4v) is 4.57. The standard InChI is InChI=1S/C28H36N4O3/c1-6-7-10-23-25(26(33)32-15-9-8-11-24(32)30-23)22-13-12-20(17-19(22)2)29-21-14-16-31(18-21)27(34)35-28(3,4)5/h8-9,11-13,15,17,21,29H,6-7,10,14,16,18H2,1-5H3/t21-/m1/s1. The number of ether oxygens (including phenoxy) is 1. The van der Waals surface area contributed by atoms with Gasteiger partial charge in [0.25, 0.3) is 5.56 Å². The molecule has 3 heterocycles. The summed E-state index contributed by atoms with van der Waals surface area (Å²) in [7, 11) is 0. The van der Waals surface area contributed by atoms with Crippen LogP contribution in [0.2, 0.25) is 0 Å². The second-order valence-electron chi connectivity index (χ2n) is 10.4. The molecule has 35 heavy (non-hydrogen) atoms. The first-order chi connectivity index (χ1) is 16.7. The van der Waals surface area contributed by atoms with Crippen molar-refractivity contribution in [3.8, 4) is 11.1 Å². The molecule has 1 saturated heterocycles. The van der Waals surface area contributed by atoms with Gasteiger partial charge in [-0.15, -0.1) is 0 Å². The first-order valence-electron chi connectivity index (χ1n) is 12.5. The van der Waals surface area contributed by atoms with Gasteiger partial charge in [-0.05, 0) is 82.3 Å². The van der Waals surface area contributed by atoms with Crippen molar-refractivity contribution in [1.82, 2.24) is 14.3 Å². The van der Waals surface area contributed by atoms with Crippen molar-refractivity contribution in [2.24, 2.45) is 0 Å². The van der Waals surface area contributed by atoms with Gasteiger partial charge in [0.2, 0.25) is 0 Å². The fraction of sp³-hybridized carbons (Fsp3) is 0.464. The number of fused-ring (bicyclic) bond motifs is 1. The lowest BCUT2D eigenvalue weighted by Crippen LogP contribution is -2.36. The predicted octanol–water partition coefficient (Wildman–Crippen LogP) is 5.43. The third-order valence-corrected chi connectivity index (χ3v) is 6.28. The number of hydrogen-bond donors (Lipinski definition) is 1. The normalized spacial score (nSPS) is 16.0. The zero-order chi connectivity index (χ0) is 25.2. The molecule has 1 aromatic carbocycles. The average molecular weight is 477 g/mol. The average Bonchev–Trinajstić information content (AvgIpc) is 3.26. The quantitative estimate of drug-likeness (QED) is 0.513. The summed E-state index contributed by atoms with van der Waals surface area (Å²) in [5.74, 6) is 0. The summed E-state index contributed by atoms with van der Waals surface area (Å²) in [6, 6.07) is 11.9. The molecule has 0 aliphatic carbocycles. The Bertz CT molecular complexity index is 1280. The molecule has 1 N–H and O–H groups in total. The molecule has 4 rings (SSSR count). The van der Waals surface area contributed by atoms with Crippen molar-refractivity contribution in [3.63, 3.8) is 0 Å². The second-order valence-corrected chi connectivity index (χ2v) is 10.4. The topological polar surface area (TPSA) is 75.9 Å². The van der Waals surface area contributed by atoms with E-state index in [0.717, 1.165) is 48.2 Å². The van der Waals surface area contributed by atoms with E-state index in [-0.39, 0.29) is 17.7 Å². The molecule has 1 amide bonds. The summed E-state index contributed by atoms with van der Waals surface area (Å²) < 4.78 is 7.13. The Morgan fingerprint density at radius 2 is 2.03 bits per heavy atom. The molecule has 0 unspecified atom stereocenters. The highest BCUT2D eigenvalue weighted by atomic mass is 16.6. The number of nitrogens with zero attached hydrogens (tertiary/aromatic N) is 3. The number of amides is 1. The van der Waals surface area contributed by atoms with Gasteiger partial charge in [0.1, 0.15) is 11.2 Å². The van der Waals surface area contributed by atoms with Gasteiger partial charge in [0.05, 0.1) is 11.3 Å². The van der Waals surface area contributed by atoms with Gasteiger partial charge in [-0.2, -0.15) is 0 Å². The number of aryl methyl sites for hydroxylation is 2. The molecule has 1 aliphatic rings. The van der Waals surface area contributed by atoms with Crippen LogP contribution in [0.15, 0.2) is 47.4 Å². The summed E-state index contributed by atoms with van der Waals surface area (Å²) in [6.45, 7) is 11.1. The van der Waals surface area contributed by atoms with Crippen LogP contribution in [-0.4, -0.2) is 45.1 Å². The van der Waals surface area contributed by atoms with Crippen LogP contribution in [0.4, 0.5) is 10.5 Å². The van der Waals surface area contributed by atoms with E-state index in [9.17, 15) is 9.59 Å². The number of pyridine rings is 1. The molecular weight excluding hydrogens is 440 g/mol. The van der Waals surface area contributed by atoms with Crippen LogP contribution in [-0.2, 0) is 11.2 Å². The van der Waals surface area contributed by atoms with Crippen LogP contribution in [0.3, 0.4) is 0 Å². The SMILES string of the molecule is CCCCc1nc2ccccn2c(=O)c1-c1ccc(N[C@@H]2CCN(C(=O)OC(C)(C)C)C2)cc1C. The van der Waals surface area contributed by atoms with Gasteiger partial charge in [0, 0.05) is 31.0 Å². The number of carbonyl (C=O) groups is 1. The van der Waals surface area contributed by atoms with E-state index in [0.29, 0.717) is 24.3 Å². The van der Waals surface area contributed by atoms with Crippen LogP contribution in [0.5, 0.6) is 0 Å². The minimum absolute atomic E-state index is 0.0330. The summed E-state index contributed by atoms with van der Waals surface area (Å²) in [4.78, 5) is 32.5. The monoisotopic (exact) mass is 476 g/mol. The highest BCUT2D eigenvalue weighted by Gasteiger charge is 2.29. The van der Waals surface area contributed by atoms with Crippen LogP contribution in [0.25, 0.3) is 16.8 Å². The van der Waals surface area contributed by atoms with Crippen molar-refractivity contribution in [2.75, 3.05) is 18.4 Å². The first-order valence-corrected chi connectivity index (χ1v) is 12.5. The molecule has 0 bridgehead atoms. The lowest BCUT2D eigenvalue weighted by Gasteiger charge is -2.24. The van der Waals surface area contributed by atoms with E-state index in [2.05, 4.69) is 18.3 Å². The molecular formula is C28H36N4O3. The van der Waals surface area contributed by atoms with Crippen LogP contribution in [0.1, 0.15) is 58.2 Å². The minimum atomic E-state index is -0.498. The van der Waals surface area contributed by atoms with E-state index >= 15 is 0 Å². The highest BCUT2D eigenvalue weighted by molar-refractivity contribution is 5.73. The van der Waals surface area contributed by atoms with Gasteiger partial charge < -0.3 is 15.0 Å². The van der Waals surface area contributed by atoms with Crippen molar-refractivity contribution in [1.29, 1.82) is 0 Å². The van der Waals surface area contributed by atoms with E-state index < -0.39 is 5.60 Å². The summed E-state index contributed by atoms with van der Waals surface area (Å²) in [5.41, 5.74) is 4.60. The molecule has 7 heteroatoms. The third kappa shape index (κ3) is 5.66. The maximum atomic E-state index is 13.5. The number of unbranched alkanes of at least 4 members (excludes halogenated alkanes) is 1. The Balaban J connectivity index is 1.57. The molecule has 1 aliphatic heterocycles. The second kappa shape index (κ2) is 10.1. The van der Waals surface area contributed by atoms with Gasteiger partial charge >= 0.3 is 6.09 Å². The van der Waals surface area contributed by atoms with E-state index in [4.69, 9.17) is 9.72 Å². The van der Waals surface area contributed by atoms with Crippen molar-refractivity contribution < 1.29 is 9.53 Å². The zero-order valence-corrected chi connectivity index (χ0v) is 21.4. The molecule has 0 saturated carbocycles. The van der Waals surface area contributed by atoms with Gasteiger partial charge in [-0.25, -0.2) is 9.78 Å². The number of aromatic nitrogens is 2. The zero-order valence-electron chi connectivity index (χ0n) is 21.4. The van der Waals surface area contributed by atoms with Crippen molar-refractivity contribution in [2.45, 2.75) is 71.9 Å². The number of hydrogen-bond acceptors (Lipinski definition) is 5. The molecule has 2 aromatic heterocycles. The molecule has 3 aromatic rings. The van der Waals surface area contributed by atoms with Crippen molar-refractivity contribution in [3.05, 3.63) is 64.2 Å². The molecule has 0 spiro atoms. The third-order valence-electron chi connectivity index (χ3n) is 6.28. The Morgan fingerprint density at radius 3 is 2.74 bits per heavy atom. The molecule has 0 radical (unpaired) electrons. The Morgan fingerprint density at radius 1 is 1.23 bits per heavy atom. The van der Waals surface area contributed by atoms with Crippen LogP contribution < -0.4 is 10.9 Å². The number of benzene rings is 1. The molecule has 1 atom stereocenters. The van der Waals surface area contributed by atoms with Crippen LogP contribution in [0, 0.1) is 6.92 Å². The number of carbonyl (C=O) groups excluding carboxylic acids is 1. The van der Waals surface area contributed by atoms with Gasteiger partial charge in [-0.3, -0.25) is 9.20 Å². The smallest absolute Gasteiger partial charge is 0.410 e. The minimum Gasteiger partial charge on any atom is -0.444 e. The lowest BCUT2D eigenvalue weighted by molar-refractivity contribution is 0.0293. The number of rotatable bonds is 6. The summed E-state index contributed by atoms with van der Waals surface area (Å²) >= 11 is 0. The number of anilines is 1. The van der Waals surface area contributed by atoms with Crippen LogP contribution >= 0.6 is 0 Å². The largest absolute Gasteiger partial charge is 0.444 e. The maximum absolute atomic E-state index is 13.5. The van der Waals surface area contributed by atoms with Crippen molar-refractivity contribution >= 4 is 17.4 Å². The van der Waals surface area contributed by atoms with E-state index in [1.54, 1.807) is 15.5 Å². The molecule has 7 nitrogen and oxygen atoms in total. The first kappa shape index (κ1) is 24.8. The summed E-state index contributed by atoms with van der Waals surface area (Å²) in [5, 5.41) is 3.55. The maximum Gasteiger partial charge on any atom is 0.410 e. The summed E-state index contributed by atoms with van der Waals surface area (Å²) in [6.07, 6.45) is 5.17. The molecule has 1 fully saturated rings. The highest BCUT2D eigenvalue weighted by Crippen LogP contribution is 2.28. The number of likely N-dealkylation sites (tertiary alicyclic amines) is 1. The Kier molecular flexibility index (Phi) is 7.15. The number of nitrogens with one attached hydrogen (secondary N) is 1. The van der Waals surface area contributed by atoms with Gasteiger partial charge in [0.15, 0.2) is 0 Å². The van der Waals surface area contributed by atoms with E-state index in [1.807, 2.05) is 58.0 Å². The predicted molar refractivity (Wildman–Crippen MR) is 140 cm³/mol. The Hall–Kier alpha value is -3.35. The van der Waals surface area contributed by atoms with Gasteiger partial charge in [-0.1, -0.05) is 25.5 Å². The lowest BCUT2D eigenvalue weighted by atomic mass is 9.97. The van der Waals surface area contributed by atoms with E-state index in [1.165, 1.54) is 0 Å². The fourth-order valence-electron chi connectivity index (χ4n) is 4.57.